The van der Waals surface area contributed by atoms with Crippen molar-refractivity contribution >= 4 is 34.9 Å². The molecule has 70 heavy (non-hydrogen) atoms. The summed E-state index contributed by atoms with van der Waals surface area (Å²) in [5, 5.41) is 40.1. The zero-order valence-electron chi connectivity index (χ0n) is 39.7. The number of phenols is 2. The van der Waals surface area contributed by atoms with Crippen LogP contribution in [0.3, 0.4) is 0 Å². The van der Waals surface area contributed by atoms with Crippen molar-refractivity contribution in [2.45, 2.75) is 95.3 Å². The lowest BCUT2D eigenvalue weighted by Crippen LogP contribution is -2.49. The maximum atomic E-state index is 13.2. The minimum Gasteiger partial charge on any atom is -0.508 e. The summed E-state index contributed by atoms with van der Waals surface area (Å²) in [6, 6.07) is 44.8. The van der Waals surface area contributed by atoms with Gasteiger partial charge in [-0.25, -0.2) is 0 Å². The van der Waals surface area contributed by atoms with Crippen LogP contribution in [0.15, 0.2) is 158 Å². The topological polar surface area (TPSA) is 259 Å². The summed E-state index contributed by atoms with van der Waals surface area (Å²) in [5.74, 6) is -0.600. The number of carbonyl (C=O) groups is 4. The third kappa shape index (κ3) is 18.1. The van der Waals surface area contributed by atoms with E-state index in [1.807, 2.05) is 97.1 Å². The summed E-state index contributed by atoms with van der Waals surface area (Å²) in [7, 11) is 0. The molecule has 13 heteroatoms. The average molecular weight is 944 g/mol. The molecular formula is C57H65N7O6. The van der Waals surface area contributed by atoms with Gasteiger partial charge in [0.2, 0.25) is 11.8 Å². The summed E-state index contributed by atoms with van der Waals surface area (Å²) in [4.78, 5) is 52.0. The van der Waals surface area contributed by atoms with Crippen LogP contribution >= 0.6 is 0 Å². The van der Waals surface area contributed by atoms with Crippen molar-refractivity contribution in [1.29, 1.82) is 10.8 Å². The fourth-order valence-corrected chi connectivity index (χ4v) is 7.64. The monoisotopic (exact) mass is 943 g/mol. The molecule has 4 atom stereocenters. The van der Waals surface area contributed by atoms with E-state index in [-0.39, 0.29) is 53.6 Å². The minimum absolute atomic E-state index is 0.00657. The van der Waals surface area contributed by atoms with Crippen LogP contribution in [0.1, 0.15) is 77.1 Å². The SMILES string of the molecule is CC(=N)c1ccc(CCC(=O)[C@H](Cc2ccc(O)cc2)NC(=O)[C@H](N)CCc2ccccc2)cc1.N=C(N)c1ccc(CCC(=O)[C@H](Cc2ccc(O)cc2)NC(=O)[C@H](N)CCc2ccccc2)cc1. The number of aromatic hydroxyl groups is 2. The number of nitrogens with two attached hydrogens (primary N) is 3. The van der Waals surface area contributed by atoms with Gasteiger partial charge in [0, 0.05) is 24.1 Å². The quantitative estimate of drug-likeness (QED) is 0.0227. The first-order valence-corrected chi connectivity index (χ1v) is 23.5. The normalized spacial score (nSPS) is 12.5. The Kier molecular flexibility index (Phi) is 20.8. The number of amidine groups is 1. The van der Waals surface area contributed by atoms with Gasteiger partial charge < -0.3 is 43.5 Å². The molecule has 6 aromatic rings. The van der Waals surface area contributed by atoms with Gasteiger partial charge in [-0.3, -0.25) is 24.6 Å². The zero-order valence-corrected chi connectivity index (χ0v) is 39.7. The summed E-state index contributed by atoms with van der Waals surface area (Å²) < 4.78 is 0. The van der Waals surface area contributed by atoms with E-state index in [9.17, 15) is 29.4 Å². The summed E-state index contributed by atoms with van der Waals surface area (Å²) >= 11 is 0. The molecule has 6 rings (SSSR count). The van der Waals surface area contributed by atoms with Crippen LogP contribution in [0.25, 0.3) is 0 Å². The Morgan fingerprint density at radius 3 is 1.14 bits per heavy atom. The molecule has 0 saturated carbocycles. The minimum atomic E-state index is -0.732. The van der Waals surface area contributed by atoms with Gasteiger partial charge in [-0.1, -0.05) is 133 Å². The summed E-state index contributed by atoms with van der Waals surface area (Å²) in [6.07, 6.45) is 4.47. The molecule has 0 unspecified atom stereocenters. The van der Waals surface area contributed by atoms with Crippen molar-refractivity contribution in [2.75, 3.05) is 0 Å². The highest BCUT2D eigenvalue weighted by Crippen LogP contribution is 2.17. The number of rotatable bonds is 24. The van der Waals surface area contributed by atoms with E-state index in [2.05, 4.69) is 10.6 Å². The standard InChI is InChI=1S/C29H33N3O3.C28H32N4O3/c1-20(30)24-13-7-22(8-14-24)12-18-28(34)27(19-23-9-15-25(33)16-10-23)32-29(35)26(31)17-11-21-5-3-2-4-6-21;29-24(16-10-19-4-2-1-3-5-19)28(35)32-25(18-21-8-14-23(33)15-9-21)26(34)17-11-20-6-12-22(13-7-20)27(30)31/h2-10,13-16,26-27,30,33H,11-12,17-19,31H2,1H3,(H,32,35);1-9,12-15,24-25,33H,10-11,16-18,29H2,(H3,30,31)(H,32,35)/t26-,27+;24-,25+/m11/s1. The Labute approximate surface area is 410 Å². The highest BCUT2D eigenvalue weighted by atomic mass is 16.3. The first-order chi connectivity index (χ1) is 33.6. The lowest BCUT2D eigenvalue weighted by Gasteiger charge is -2.21. The lowest BCUT2D eigenvalue weighted by molar-refractivity contribution is -0.128. The second kappa shape index (κ2) is 27.3. The van der Waals surface area contributed by atoms with Gasteiger partial charge in [0.25, 0.3) is 0 Å². The molecule has 0 aliphatic rings. The molecule has 6 aromatic carbocycles. The van der Waals surface area contributed by atoms with E-state index in [4.69, 9.17) is 28.0 Å². The first kappa shape index (κ1) is 53.2. The van der Waals surface area contributed by atoms with Gasteiger partial charge in [0.15, 0.2) is 11.6 Å². The fourth-order valence-electron chi connectivity index (χ4n) is 7.64. The third-order valence-electron chi connectivity index (χ3n) is 12.0. The van der Waals surface area contributed by atoms with Crippen LogP contribution in [-0.2, 0) is 57.7 Å². The summed E-state index contributed by atoms with van der Waals surface area (Å²) in [6.45, 7) is 1.74. The van der Waals surface area contributed by atoms with Gasteiger partial charge >= 0.3 is 0 Å². The van der Waals surface area contributed by atoms with Crippen LogP contribution in [0.4, 0.5) is 0 Å². The Bertz CT molecular complexity index is 2440. The molecule has 0 bridgehead atoms. The summed E-state index contributed by atoms with van der Waals surface area (Å²) in [5.41, 5.74) is 25.6. The molecule has 12 N–H and O–H groups in total. The maximum Gasteiger partial charge on any atom is 0.237 e. The largest absolute Gasteiger partial charge is 0.508 e. The van der Waals surface area contributed by atoms with Crippen LogP contribution in [0.2, 0.25) is 0 Å². The number of phenolic OH excluding ortho intramolecular Hbond substituents is 2. The van der Waals surface area contributed by atoms with Crippen LogP contribution in [-0.4, -0.2) is 69.3 Å². The Hall–Kier alpha value is -7.74. The second-order valence-corrected chi connectivity index (χ2v) is 17.5. The molecule has 0 radical (unpaired) electrons. The third-order valence-corrected chi connectivity index (χ3v) is 12.0. The average Bonchev–Trinajstić information content (AvgIpc) is 3.37. The number of nitrogens with one attached hydrogen (secondary N) is 4. The number of benzene rings is 6. The molecule has 0 aliphatic heterocycles. The molecule has 13 nitrogen and oxygen atoms in total. The predicted octanol–water partition coefficient (Wildman–Crippen LogP) is 6.83. The van der Waals surface area contributed by atoms with Crippen molar-refractivity contribution in [3.63, 3.8) is 0 Å². The molecule has 2 amide bonds. The highest BCUT2D eigenvalue weighted by Gasteiger charge is 2.26. The van der Waals surface area contributed by atoms with Crippen LogP contribution in [0, 0.1) is 10.8 Å². The number of Topliss-reactive ketones (excluding diaryl/α,β-unsaturated/α-hetero) is 2. The van der Waals surface area contributed by atoms with E-state index >= 15 is 0 Å². The van der Waals surface area contributed by atoms with Gasteiger partial charge in [-0.05, 0) is 121 Å². The molecule has 0 heterocycles. The van der Waals surface area contributed by atoms with Crippen LogP contribution < -0.4 is 27.8 Å². The molecule has 0 saturated heterocycles. The predicted molar refractivity (Wildman–Crippen MR) is 276 cm³/mol. The number of ketones is 2. The highest BCUT2D eigenvalue weighted by molar-refractivity contribution is 5.96. The van der Waals surface area contributed by atoms with Gasteiger partial charge in [0.1, 0.15) is 17.3 Å². The molecule has 364 valence electrons. The Morgan fingerprint density at radius 1 is 0.471 bits per heavy atom. The Morgan fingerprint density at radius 2 is 0.800 bits per heavy atom. The van der Waals surface area contributed by atoms with Crippen molar-refractivity contribution in [3.8, 4) is 11.5 Å². The smallest absolute Gasteiger partial charge is 0.237 e. The van der Waals surface area contributed by atoms with E-state index in [1.54, 1.807) is 67.6 Å². The van der Waals surface area contributed by atoms with Crippen LogP contribution in [0.5, 0.6) is 11.5 Å². The van der Waals surface area contributed by atoms with Gasteiger partial charge in [-0.2, -0.15) is 0 Å². The number of hydrogen-bond donors (Lipinski definition) is 9. The molecule has 0 spiro atoms. The van der Waals surface area contributed by atoms with E-state index in [0.717, 1.165) is 38.9 Å². The van der Waals surface area contributed by atoms with E-state index < -0.39 is 24.2 Å². The number of hydrogen-bond acceptors (Lipinski definition) is 10. The van der Waals surface area contributed by atoms with Crippen molar-refractivity contribution < 1.29 is 29.4 Å². The van der Waals surface area contributed by atoms with Crippen molar-refractivity contribution in [2.24, 2.45) is 17.2 Å². The molecule has 0 aliphatic carbocycles. The van der Waals surface area contributed by atoms with E-state index in [1.165, 1.54) is 0 Å². The number of amides is 2. The maximum absolute atomic E-state index is 13.2. The van der Waals surface area contributed by atoms with Crippen molar-refractivity contribution in [3.05, 3.63) is 202 Å². The zero-order chi connectivity index (χ0) is 50.4. The number of carbonyl (C=O) groups excluding carboxylic acids is 4. The van der Waals surface area contributed by atoms with Crippen molar-refractivity contribution in [1.82, 2.24) is 10.6 Å². The number of aryl methyl sites for hydroxylation is 4. The first-order valence-electron chi connectivity index (χ1n) is 23.5. The van der Waals surface area contributed by atoms with E-state index in [0.29, 0.717) is 62.6 Å². The number of nitrogen functional groups attached to an aromatic ring is 1. The fraction of sp³-hybridized carbons (Fsp3) is 0.263. The van der Waals surface area contributed by atoms with Gasteiger partial charge in [-0.15, -0.1) is 0 Å². The van der Waals surface area contributed by atoms with Gasteiger partial charge in [0.05, 0.1) is 24.2 Å². The molecule has 0 fully saturated rings. The molecular weight excluding hydrogens is 879 g/mol. The Balaban J connectivity index is 0.000000261. The molecule has 0 aromatic heterocycles. The second-order valence-electron chi connectivity index (χ2n) is 17.5. The lowest BCUT2D eigenvalue weighted by atomic mass is 9.96.